The van der Waals surface area contributed by atoms with Crippen molar-refractivity contribution < 1.29 is 17.3 Å². The molecule has 1 rings (SSSR count). The third-order valence-corrected chi connectivity index (χ3v) is 2.33. The molecule has 0 N–H and O–H groups in total. The number of benzene rings is 1. The van der Waals surface area contributed by atoms with E-state index in [-0.39, 0.29) is 9.85 Å². The molecule has 0 saturated carbocycles. The van der Waals surface area contributed by atoms with Gasteiger partial charge < -0.3 is 12.8 Å². The van der Waals surface area contributed by atoms with E-state index in [0.717, 1.165) is 12.1 Å². The molecular formula is C8H5ClF3NOS. The summed E-state index contributed by atoms with van der Waals surface area (Å²) in [4.78, 5) is 10.7. The van der Waals surface area contributed by atoms with E-state index in [1.165, 1.54) is 6.07 Å². The molecule has 1 aromatic carbocycles. The molecule has 0 aliphatic rings. The van der Waals surface area contributed by atoms with Crippen molar-refractivity contribution in [2.24, 2.45) is 0 Å². The van der Waals surface area contributed by atoms with Crippen LogP contribution in [0.2, 0.25) is 5.02 Å². The maximum absolute atomic E-state index is 13.0. The fourth-order valence-corrected chi connectivity index (χ4v) is 1.56. The maximum atomic E-state index is 13.0. The zero-order valence-corrected chi connectivity index (χ0v) is 8.79. The van der Waals surface area contributed by atoms with E-state index in [9.17, 15) is 18.1 Å². The van der Waals surface area contributed by atoms with Gasteiger partial charge in [0.05, 0.1) is 0 Å². The van der Waals surface area contributed by atoms with Crippen molar-refractivity contribution in [3.05, 3.63) is 33.7 Å². The molecule has 0 aromatic heterocycles. The first-order chi connectivity index (χ1) is 6.90. The number of rotatable bonds is 3. The third-order valence-electron chi connectivity index (χ3n) is 1.74. The Morgan fingerprint density at radius 1 is 1.47 bits per heavy atom. The molecule has 0 amide bonds. The lowest BCUT2D eigenvalue weighted by Gasteiger charge is -2.13. The Kier molecular flexibility index (Phi) is 3.51. The number of nitroso groups, excluding NO2 is 1. The van der Waals surface area contributed by atoms with Crippen LogP contribution >= 0.6 is 11.6 Å². The average Bonchev–Trinajstić information content (AvgIpc) is 2.17. The molecule has 15 heavy (non-hydrogen) atoms. The van der Waals surface area contributed by atoms with E-state index in [2.05, 4.69) is 12.8 Å². The Balaban J connectivity index is 3.33. The summed E-state index contributed by atoms with van der Waals surface area (Å²) in [5.41, 5.74) is -1.04. The lowest BCUT2D eigenvalue weighted by molar-refractivity contribution is -0.262. The van der Waals surface area contributed by atoms with Crippen LogP contribution in [0.15, 0.2) is 18.2 Å². The molecule has 0 heterocycles. The molecule has 0 aliphatic carbocycles. The number of hydrogen-bond donors (Lipinski definition) is 0. The van der Waals surface area contributed by atoms with E-state index in [1.807, 2.05) is 0 Å². The summed E-state index contributed by atoms with van der Waals surface area (Å²) in [7, 11) is 0. The second-order valence-corrected chi connectivity index (χ2v) is 3.44. The highest BCUT2D eigenvalue weighted by atomic mass is 35.5. The van der Waals surface area contributed by atoms with Gasteiger partial charge in [-0.1, -0.05) is 27.9 Å². The van der Waals surface area contributed by atoms with Crippen LogP contribution in [-0.2, 0) is 18.7 Å². The second kappa shape index (κ2) is 4.32. The van der Waals surface area contributed by atoms with Gasteiger partial charge in [-0.2, -0.15) is 8.78 Å². The Morgan fingerprint density at radius 2 is 2.07 bits per heavy atom. The molecule has 0 bridgehead atoms. The zero-order valence-electron chi connectivity index (χ0n) is 7.21. The lowest BCUT2D eigenvalue weighted by atomic mass is 10.1. The summed E-state index contributed by atoms with van der Waals surface area (Å²) >= 11 is 9.72. The van der Waals surface area contributed by atoms with E-state index in [4.69, 9.17) is 11.6 Å². The van der Waals surface area contributed by atoms with Crippen molar-refractivity contribution in [1.29, 1.82) is 0 Å². The molecule has 0 saturated heterocycles. The van der Waals surface area contributed by atoms with Gasteiger partial charge in [0.25, 0.3) is 5.69 Å². The van der Waals surface area contributed by atoms with E-state index >= 15 is 0 Å². The molecule has 1 aromatic rings. The molecule has 0 aliphatic heterocycles. The van der Waals surface area contributed by atoms with Gasteiger partial charge in [-0.15, -0.1) is 0 Å². The number of hydrogen-bond acceptors (Lipinski definition) is 2. The van der Waals surface area contributed by atoms with E-state index in [1.54, 1.807) is 0 Å². The summed E-state index contributed by atoms with van der Waals surface area (Å²) in [6.07, 6.45) is 0. The van der Waals surface area contributed by atoms with Crippen LogP contribution in [-0.4, -0.2) is 10.8 Å². The standard InChI is InChI=1S/C8H5ClF3NOS/c9-7-5(8(11,12)4-10)2-1-3-6(7)13(14)15/h1-3H,4H2. The SMILES string of the molecule is O=[N+]([S-])c1cccc(C(F)(F)CF)c1Cl. The predicted octanol–water partition coefficient (Wildman–Crippen LogP) is 3.27. The molecule has 0 radical (unpaired) electrons. The minimum atomic E-state index is -3.71. The topological polar surface area (TPSA) is 20.1 Å². The van der Waals surface area contributed by atoms with Crippen molar-refractivity contribution in [2.45, 2.75) is 5.92 Å². The summed E-state index contributed by atoms with van der Waals surface area (Å²) in [6.45, 7) is -1.88. The first kappa shape index (κ1) is 12.2. The van der Waals surface area contributed by atoms with E-state index in [0.29, 0.717) is 0 Å². The molecule has 82 valence electrons. The van der Waals surface area contributed by atoms with Crippen molar-refractivity contribution in [3.63, 3.8) is 0 Å². The van der Waals surface area contributed by atoms with Crippen LogP contribution in [0.3, 0.4) is 0 Å². The largest absolute Gasteiger partial charge is 0.364 e. The van der Waals surface area contributed by atoms with Crippen LogP contribution in [0.5, 0.6) is 0 Å². The van der Waals surface area contributed by atoms with Gasteiger partial charge in [0, 0.05) is 16.5 Å². The molecule has 0 atom stereocenters. The molecule has 2 nitrogen and oxygen atoms in total. The zero-order chi connectivity index (χ0) is 11.6. The highest BCUT2D eigenvalue weighted by molar-refractivity contribution is 7.51. The van der Waals surface area contributed by atoms with Gasteiger partial charge in [-0.3, -0.25) is 0 Å². The number of halogens is 4. The smallest absolute Gasteiger partial charge is 0.302 e. The van der Waals surface area contributed by atoms with Gasteiger partial charge in [0.15, 0.2) is 6.67 Å². The van der Waals surface area contributed by atoms with Crippen LogP contribution < -0.4 is 0 Å². The van der Waals surface area contributed by atoms with Crippen LogP contribution in [0.25, 0.3) is 0 Å². The summed E-state index contributed by atoms with van der Waals surface area (Å²) in [5, 5.41) is -0.523. The van der Waals surface area contributed by atoms with Gasteiger partial charge >= 0.3 is 5.92 Å². The van der Waals surface area contributed by atoms with Crippen molar-refractivity contribution in [2.75, 3.05) is 6.67 Å². The Bertz CT molecular complexity index is 399. The van der Waals surface area contributed by atoms with Crippen molar-refractivity contribution in [3.8, 4) is 0 Å². The fourth-order valence-electron chi connectivity index (χ4n) is 1.02. The Morgan fingerprint density at radius 3 is 2.53 bits per heavy atom. The normalized spacial score (nSPS) is 11.5. The maximum Gasteiger partial charge on any atom is 0.302 e. The highest BCUT2D eigenvalue weighted by Crippen LogP contribution is 2.38. The van der Waals surface area contributed by atoms with Gasteiger partial charge in [0.2, 0.25) is 0 Å². The van der Waals surface area contributed by atoms with Gasteiger partial charge in [-0.25, -0.2) is 4.39 Å². The van der Waals surface area contributed by atoms with Crippen LogP contribution in [0, 0.1) is 4.91 Å². The summed E-state index contributed by atoms with van der Waals surface area (Å²) in [6, 6.07) is 3.29. The van der Waals surface area contributed by atoms with Crippen molar-refractivity contribution >= 4 is 30.1 Å². The first-order valence-corrected chi connectivity index (χ1v) is 4.51. The second-order valence-electron chi connectivity index (χ2n) is 2.73. The van der Waals surface area contributed by atoms with E-state index < -0.39 is 23.2 Å². The average molecular weight is 256 g/mol. The Hall–Kier alpha value is -0.880. The number of nitrogens with zero attached hydrogens (tertiary/aromatic N) is 1. The third kappa shape index (κ3) is 2.38. The Labute approximate surface area is 94.2 Å². The fraction of sp³-hybridized carbons (Fsp3) is 0.250. The lowest BCUT2D eigenvalue weighted by Crippen LogP contribution is -2.16. The monoisotopic (exact) mass is 255 g/mol. The number of alkyl halides is 3. The van der Waals surface area contributed by atoms with Crippen LogP contribution in [0.4, 0.5) is 18.9 Å². The quantitative estimate of drug-likeness (QED) is 0.610. The minimum absolute atomic E-state index is 0.0693. The molecular weight excluding hydrogens is 251 g/mol. The van der Waals surface area contributed by atoms with Gasteiger partial charge in [-0.05, 0) is 0 Å². The van der Waals surface area contributed by atoms with Crippen molar-refractivity contribution in [1.82, 2.24) is 0 Å². The molecule has 7 heteroatoms. The van der Waals surface area contributed by atoms with Gasteiger partial charge in [0.1, 0.15) is 5.02 Å². The predicted molar refractivity (Wildman–Crippen MR) is 52.0 cm³/mol. The molecule has 0 unspecified atom stereocenters. The minimum Gasteiger partial charge on any atom is -0.364 e. The molecule has 0 fully saturated rings. The summed E-state index contributed by atoms with van der Waals surface area (Å²) in [5.74, 6) is -3.71. The highest BCUT2D eigenvalue weighted by Gasteiger charge is 2.36. The van der Waals surface area contributed by atoms with Crippen LogP contribution in [0.1, 0.15) is 5.56 Å². The summed E-state index contributed by atoms with van der Waals surface area (Å²) < 4.78 is 37.9. The molecule has 0 spiro atoms. The first-order valence-electron chi connectivity index (χ1n) is 3.77.